The number of nitrogens with zero attached hydrogens (tertiary/aromatic N) is 7. The van der Waals surface area contributed by atoms with E-state index in [1.165, 1.54) is 27.5 Å². The lowest BCUT2D eigenvalue weighted by atomic mass is 9.82. The van der Waals surface area contributed by atoms with E-state index in [0.29, 0.717) is 111 Å². The minimum absolute atomic E-state index is 0. The first-order valence-electron chi connectivity index (χ1n) is 37.3. The van der Waals surface area contributed by atoms with Gasteiger partial charge in [-0.2, -0.15) is 0 Å². The number of Topliss-reactive ketones (excluding diaryl/α,β-unsaturated/α-hetero) is 2. The number of halogens is 10. The fourth-order valence-corrected chi connectivity index (χ4v) is 12.9. The number of carbonyl (C=O) groups is 5. The molecule has 2 aliphatic rings. The number of hydrogen-bond acceptors (Lipinski definition) is 22. The minimum Gasteiger partial charge on any atom is -0.423 e. The minimum atomic E-state index is -1.40. The number of carbonyl (C=O) groups excluding carboxylic acids is 5. The molecule has 0 atom stereocenters. The molecule has 0 saturated carbocycles. The van der Waals surface area contributed by atoms with Gasteiger partial charge in [0, 0.05) is 125 Å². The molecule has 6 aromatic heterocycles. The molecule has 11 N–H and O–H groups in total. The van der Waals surface area contributed by atoms with Crippen LogP contribution in [0.15, 0.2) is 260 Å². The van der Waals surface area contributed by atoms with Gasteiger partial charge in [0.05, 0.1) is 112 Å². The maximum absolute atomic E-state index is 11.8. The van der Waals surface area contributed by atoms with Crippen LogP contribution in [0.5, 0.6) is 0 Å². The summed E-state index contributed by atoms with van der Waals surface area (Å²) in [4.78, 5) is 82.3. The highest BCUT2D eigenvalue weighted by molar-refractivity contribution is 9.10. The van der Waals surface area contributed by atoms with Crippen molar-refractivity contribution < 1.29 is 62.6 Å². The zero-order valence-corrected chi connectivity index (χ0v) is 77.1. The average Bonchev–Trinajstić information content (AvgIpc) is 1.66. The number of nitrogens with two attached hydrogens (primary N) is 4. The van der Waals surface area contributed by atoms with Crippen molar-refractivity contribution in [3.8, 4) is 22.5 Å². The summed E-state index contributed by atoms with van der Waals surface area (Å²) in [6.07, 6.45) is 7.99. The number of hydroxylamine groups is 2. The van der Waals surface area contributed by atoms with E-state index in [4.69, 9.17) is 150 Å². The van der Waals surface area contributed by atoms with Gasteiger partial charge in [0.15, 0.2) is 24.1 Å². The van der Waals surface area contributed by atoms with E-state index in [2.05, 4.69) is 65.8 Å². The lowest BCUT2D eigenvalue weighted by molar-refractivity contribution is -0.107. The quantitative estimate of drug-likeness (QED) is 0.00484. The van der Waals surface area contributed by atoms with Crippen molar-refractivity contribution in [1.29, 1.82) is 0 Å². The predicted octanol–water partition coefficient (Wildman–Crippen LogP) is 19.1. The molecule has 0 aliphatic carbocycles. The third-order valence-electron chi connectivity index (χ3n) is 16.4. The molecule has 0 unspecified atom stereocenters. The van der Waals surface area contributed by atoms with Crippen molar-refractivity contribution in [2.24, 2.45) is 5.73 Å². The van der Waals surface area contributed by atoms with Crippen LogP contribution in [0.1, 0.15) is 90.6 Å². The molecule has 2 saturated heterocycles. The highest BCUT2D eigenvalue weighted by atomic mass is 79.9. The Morgan fingerprint density at radius 3 is 1.37 bits per heavy atom. The molecule has 12 aromatic rings. The van der Waals surface area contributed by atoms with Crippen LogP contribution in [0.2, 0.25) is 30.1 Å². The Morgan fingerprint density at radius 2 is 0.976 bits per heavy atom. The number of hydrogen-bond donors (Lipinski definition) is 7. The van der Waals surface area contributed by atoms with Crippen molar-refractivity contribution in [2.45, 2.75) is 64.3 Å². The Kier molecular flexibility index (Phi) is 53.1. The summed E-state index contributed by atoms with van der Waals surface area (Å²) in [5.41, 5.74) is 31.2. The second-order valence-electron chi connectivity index (χ2n) is 25.0. The topological polar surface area (TPSA) is 362 Å². The summed E-state index contributed by atoms with van der Waals surface area (Å²) in [7, 11) is 2.99. The van der Waals surface area contributed by atoms with Gasteiger partial charge in [0.2, 0.25) is 0 Å². The highest BCUT2D eigenvalue weighted by Gasteiger charge is 2.21. The standard InChI is InChI=1S/C16H13BrClN3.C16H14ClN3.C12H13ClO3.C10H9ClO2.C9H10ClNO2.C7H4Cl2O.C6H9N3.C5H6BNO2.C5H9BrO2.CH4ClNO.CH3/c17-15-9-8-14(12-5-1-2-6-13(12)18)21(15)10-11-4-3-7-16(19)20-11;17-14-7-2-1-6-13(14)15-8-4-10-20(15)11-12-5-3-9-16(18)19-12;13-10-4-2-1-3-9(10)11(14)5-6-12-15-7-8-16-12;11-9-5-2-1-4-8(9)10(13)6-3-7-12;1-11(13-2)9(12)7-5-3-4-6-8(7)10;8-6-4-2-1-3-5(6)7(9)10;7-4-5-2-1-3-6(8)9-5;8-6(9)5-2-1-3-7-4-5;6-2-1-5-7-3-4-8-5;1-4-3-2;/h1-9H,10H2,(H2,19,20);1-10H,11H2,(H2,18,19);1-4,12H,5-8H2;1-2,4-5,7H,3,6H2;3-6H,1-2H3;1-4H;1-3H,4,7H2,(H2,8,9);1-4,8-9H;5H,1-4H2;3H,1H3;1H3/q;;;;;;;;;;-1. The van der Waals surface area contributed by atoms with Crippen molar-refractivity contribution in [3.05, 3.63) is 337 Å². The molecule has 14 rings (SSSR count). The summed E-state index contributed by atoms with van der Waals surface area (Å²) < 4.78 is 26.0. The van der Waals surface area contributed by atoms with Gasteiger partial charge in [0.1, 0.15) is 23.7 Å². The Balaban J connectivity index is 0.000000296. The molecule has 0 bridgehead atoms. The van der Waals surface area contributed by atoms with E-state index in [9.17, 15) is 24.0 Å². The molecule has 2 aliphatic heterocycles. The van der Waals surface area contributed by atoms with Crippen LogP contribution in [0.3, 0.4) is 0 Å². The van der Waals surface area contributed by atoms with Gasteiger partial charge >= 0.3 is 7.12 Å². The molecule has 124 heavy (non-hydrogen) atoms. The number of aldehydes is 1. The van der Waals surface area contributed by atoms with Crippen molar-refractivity contribution in [2.75, 3.05) is 70.2 Å². The third kappa shape index (κ3) is 39.7. The number of nitrogens with one attached hydrogen (secondary N) is 1. The number of anilines is 3. The molecule has 8 heterocycles. The molecule has 658 valence electrons. The van der Waals surface area contributed by atoms with Gasteiger partial charge in [-0.1, -0.05) is 195 Å². The van der Waals surface area contributed by atoms with Crippen LogP contribution in [-0.4, -0.2) is 146 Å². The maximum atomic E-state index is 11.8. The number of benzene rings is 6. The molecular formula is C88H94BBr2Cl8N12O13-. The van der Waals surface area contributed by atoms with Gasteiger partial charge in [-0.25, -0.2) is 20.0 Å². The smallest absolute Gasteiger partial charge is 0.423 e. The Bertz CT molecular complexity index is 5160. The fourth-order valence-electron chi connectivity index (χ4n) is 10.5. The normalized spacial score (nSPS) is 11.5. The van der Waals surface area contributed by atoms with E-state index < -0.39 is 12.4 Å². The SMILES string of the molecule is BrCCC1OCCO1.CON(C)C(=O)c1ccccc1Cl.CONCl.NCc1cccc(N)n1.Nc1cccc(Cn2c(Br)ccc2-c2ccccc2Cl)n1.Nc1cccc(Cn2cccc2-c2ccccc2Cl)n1.O=C(CCC1OCCO1)c1ccccc1Cl.O=C(Cl)c1ccccc1Cl.O=CCCC(=O)c1ccccc1Cl.OB(O)c1cccnc1.[CH3-]. The Hall–Kier alpha value is -9.03. The third-order valence-corrected chi connectivity index (χ3v) is 19.9. The first-order chi connectivity index (χ1) is 59.3. The molecule has 0 spiro atoms. The number of alkyl halides is 1. The second-order valence-corrected chi connectivity index (χ2v) is 29.6. The first-order valence-corrected chi connectivity index (χ1v) is 42.2. The number of nitrogen functional groups attached to an aromatic ring is 3. The van der Waals surface area contributed by atoms with E-state index >= 15 is 0 Å². The van der Waals surface area contributed by atoms with E-state index in [-0.39, 0.29) is 50.3 Å². The van der Waals surface area contributed by atoms with Crippen LogP contribution >= 0.6 is 125 Å². The van der Waals surface area contributed by atoms with E-state index in [1.54, 1.807) is 121 Å². The van der Waals surface area contributed by atoms with Crippen molar-refractivity contribution >= 4 is 184 Å². The number of pyridine rings is 4. The molecule has 25 nitrogen and oxygen atoms in total. The van der Waals surface area contributed by atoms with Crippen molar-refractivity contribution in [1.82, 2.24) is 39.1 Å². The zero-order valence-electron chi connectivity index (χ0n) is 67.9. The molecule has 2 fully saturated rings. The number of aromatic nitrogens is 6. The van der Waals surface area contributed by atoms with Gasteiger partial charge < -0.3 is 73.3 Å². The molecular weight excluding hydrogens is 1890 g/mol. The molecule has 6 aromatic carbocycles. The summed E-state index contributed by atoms with van der Waals surface area (Å²) in [5, 5.41) is 21.9. The number of amides is 1. The largest absolute Gasteiger partial charge is 0.490 e. The van der Waals surface area contributed by atoms with Crippen LogP contribution in [0.25, 0.3) is 22.5 Å². The summed E-state index contributed by atoms with van der Waals surface area (Å²) in [6.45, 7) is 4.49. The second kappa shape index (κ2) is 61.4. The summed E-state index contributed by atoms with van der Waals surface area (Å²) >= 11 is 52.5. The predicted molar refractivity (Wildman–Crippen MR) is 504 cm³/mol. The number of ketones is 2. The van der Waals surface area contributed by atoms with Crippen LogP contribution in [0, 0.1) is 7.43 Å². The number of ether oxygens (including phenoxy) is 4. The van der Waals surface area contributed by atoms with E-state index in [1.807, 2.05) is 133 Å². The first kappa shape index (κ1) is 107. The van der Waals surface area contributed by atoms with E-state index in [0.717, 1.165) is 90.6 Å². The number of rotatable bonds is 22. The average molecular weight is 1980 g/mol. The maximum Gasteiger partial charge on any atom is 0.490 e. The van der Waals surface area contributed by atoms with Crippen LogP contribution in [0.4, 0.5) is 17.5 Å². The molecule has 0 radical (unpaired) electrons. The summed E-state index contributed by atoms with van der Waals surface area (Å²) in [6, 6.07) is 71.1. The van der Waals surface area contributed by atoms with Gasteiger partial charge in [-0.15, -0.1) is 5.00 Å². The Labute approximate surface area is 778 Å². The van der Waals surface area contributed by atoms with Crippen molar-refractivity contribution in [3.63, 3.8) is 0 Å². The van der Waals surface area contributed by atoms with Gasteiger partial charge in [0.25, 0.3) is 11.1 Å². The zero-order chi connectivity index (χ0) is 89.9. The van der Waals surface area contributed by atoms with Gasteiger partial charge in [-0.05, 0) is 155 Å². The molecule has 1 amide bonds. The monoisotopic (exact) mass is 1980 g/mol. The lowest BCUT2D eigenvalue weighted by Crippen LogP contribution is -2.29. The molecule has 36 heteroatoms. The van der Waals surface area contributed by atoms with Gasteiger partial charge in [-0.3, -0.25) is 33.8 Å². The Morgan fingerprint density at radius 1 is 0.548 bits per heavy atom. The summed E-state index contributed by atoms with van der Waals surface area (Å²) in [5.74, 6) is 1.28. The van der Waals surface area contributed by atoms with Crippen LogP contribution < -0.4 is 33.4 Å². The highest BCUT2D eigenvalue weighted by Crippen LogP contribution is 2.33. The fraction of sp³-hybridized carbons (Fsp3) is 0.205. The lowest BCUT2D eigenvalue weighted by Gasteiger charge is -2.13. The van der Waals surface area contributed by atoms with Crippen LogP contribution in [-0.2, 0) is 53.1 Å².